The second-order valence-corrected chi connectivity index (χ2v) is 7.87. The van der Waals surface area contributed by atoms with Gasteiger partial charge >= 0.3 is 5.97 Å². The van der Waals surface area contributed by atoms with E-state index in [4.69, 9.17) is 9.47 Å². The van der Waals surface area contributed by atoms with Crippen LogP contribution in [0.25, 0.3) is 0 Å². The van der Waals surface area contributed by atoms with E-state index in [1.165, 1.54) is 9.80 Å². The first-order valence-corrected chi connectivity index (χ1v) is 11.1. The van der Waals surface area contributed by atoms with Gasteiger partial charge in [-0.05, 0) is 48.4 Å². The summed E-state index contributed by atoms with van der Waals surface area (Å²) in [5.74, 6) is -0.443. The maximum Gasteiger partial charge on any atom is 0.325 e. The fourth-order valence-corrected chi connectivity index (χ4v) is 3.80. The summed E-state index contributed by atoms with van der Waals surface area (Å²) in [5.41, 5.74) is 2.92. The van der Waals surface area contributed by atoms with Gasteiger partial charge in [-0.3, -0.25) is 19.3 Å². The Labute approximate surface area is 198 Å². The Hall–Kier alpha value is -4.13. The lowest BCUT2D eigenvalue weighted by Crippen LogP contribution is -2.42. The predicted molar refractivity (Wildman–Crippen MR) is 127 cm³/mol. The maximum absolute atomic E-state index is 13.4. The van der Waals surface area contributed by atoms with Gasteiger partial charge in [0.2, 0.25) is 5.91 Å². The minimum absolute atomic E-state index is 0.156. The molecule has 0 unspecified atom stereocenters. The van der Waals surface area contributed by atoms with Crippen LogP contribution in [0.4, 0.5) is 5.69 Å². The summed E-state index contributed by atoms with van der Waals surface area (Å²) < 4.78 is 10.8. The lowest BCUT2D eigenvalue weighted by molar-refractivity contribution is -0.148. The molecule has 0 fully saturated rings. The molecule has 0 aromatic heterocycles. The molecule has 1 heterocycles. The molecule has 0 atom stereocenters. The topological polar surface area (TPSA) is 76.2 Å². The number of anilines is 1. The molecule has 4 rings (SSSR count). The Morgan fingerprint density at radius 1 is 0.882 bits per heavy atom. The van der Waals surface area contributed by atoms with Crippen molar-refractivity contribution < 1.29 is 23.9 Å². The lowest BCUT2D eigenvalue weighted by atomic mass is 10.1. The summed E-state index contributed by atoms with van der Waals surface area (Å²) >= 11 is 0. The number of carbonyl (C=O) groups excluding carboxylic acids is 3. The van der Waals surface area contributed by atoms with Crippen molar-refractivity contribution in [2.24, 2.45) is 0 Å². The smallest absolute Gasteiger partial charge is 0.325 e. The average molecular weight is 459 g/mol. The fraction of sp³-hybridized carbons (Fsp3) is 0.222. The first kappa shape index (κ1) is 23.0. The van der Waals surface area contributed by atoms with Crippen LogP contribution in [0.15, 0.2) is 78.9 Å². The van der Waals surface area contributed by atoms with Crippen LogP contribution in [0.2, 0.25) is 0 Å². The van der Waals surface area contributed by atoms with Crippen molar-refractivity contribution >= 4 is 23.5 Å². The minimum atomic E-state index is -0.473. The number of para-hydroxylation sites is 1. The van der Waals surface area contributed by atoms with Crippen molar-refractivity contribution in [3.8, 4) is 5.75 Å². The largest absolute Gasteiger partial charge is 0.489 e. The molecule has 1 aliphatic rings. The molecule has 0 bridgehead atoms. The third kappa shape index (κ3) is 5.43. The fourth-order valence-electron chi connectivity index (χ4n) is 3.80. The summed E-state index contributed by atoms with van der Waals surface area (Å²) in [5, 5.41) is 0. The monoisotopic (exact) mass is 458 g/mol. The molecule has 7 heteroatoms. The summed E-state index contributed by atoms with van der Waals surface area (Å²) in [4.78, 5) is 41.2. The molecule has 1 aliphatic heterocycles. The molecule has 3 aromatic rings. The van der Waals surface area contributed by atoms with Crippen molar-refractivity contribution in [2.75, 3.05) is 24.6 Å². The van der Waals surface area contributed by atoms with Crippen molar-refractivity contribution in [1.82, 2.24) is 4.90 Å². The third-order valence-electron chi connectivity index (χ3n) is 5.51. The molecule has 3 aromatic carbocycles. The highest BCUT2D eigenvalue weighted by Crippen LogP contribution is 2.27. The van der Waals surface area contributed by atoms with Crippen molar-refractivity contribution in [2.45, 2.75) is 20.1 Å². The van der Waals surface area contributed by atoms with Gasteiger partial charge in [-0.15, -0.1) is 0 Å². The van der Waals surface area contributed by atoms with Gasteiger partial charge < -0.3 is 14.4 Å². The third-order valence-corrected chi connectivity index (χ3v) is 5.51. The van der Waals surface area contributed by atoms with Crippen LogP contribution in [0.1, 0.15) is 28.4 Å². The van der Waals surface area contributed by atoms with E-state index < -0.39 is 5.97 Å². The molecule has 34 heavy (non-hydrogen) atoms. The molecule has 0 aliphatic carbocycles. The van der Waals surface area contributed by atoms with E-state index in [0.717, 1.165) is 11.1 Å². The maximum atomic E-state index is 13.4. The quantitative estimate of drug-likeness (QED) is 0.503. The average Bonchev–Trinajstić information content (AvgIpc) is 3.00. The van der Waals surface area contributed by atoms with Gasteiger partial charge in [0.25, 0.3) is 5.91 Å². The van der Waals surface area contributed by atoms with Gasteiger partial charge in [0.05, 0.1) is 6.61 Å². The summed E-state index contributed by atoms with van der Waals surface area (Å²) in [6.07, 6.45) is 0. The van der Waals surface area contributed by atoms with E-state index in [2.05, 4.69) is 0 Å². The summed E-state index contributed by atoms with van der Waals surface area (Å²) in [6.45, 7) is 2.29. The van der Waals surface area contributed by atoms with Crippen LogP contribution in [-0.4, -0.2) is 42.4 Å². The normalized spacial score (nSPS) is 13.1. The van der Waals surface area contributed by atoms with E-state index in [0.29, 0.717) is 23.6 Å². The number of benzene rings is 3. The van der Waals surface area contributed by atoms with Crippen LogP contribution in [0.5, 0.6) is 5.75 Å². The minimum Gasteiger partial charge on any atom is -0.489 e. The van der Waals surface area contributed by atoms with E-state index in [1.54, 1.807) is 31.2 Å². The molecular formula is C27H26N2O5. The van der Waals surface area contributed by atoms with E-state index >= 15 is 0 Å². The predicted octanol–water partition coefficient (Wildman–Crippen LogP) is 3.82. The number of fused-ring (bicyclic) bond motifs is 1. The Morgan fingerprint density at radius 2 is 1.59 bits per heavy atom. The van der Waals surface area contributed by atoms with Gasteiger partial charge in [-0.1, -0.05) is 48.5 Å². The van der Waals surface area contributed by atoms with Crippen molar-refractivity contribution in [1.29, 1.82) is 0 Å². The highest BCUT2D eigenvalue weighted by molar-refractivity contribution is 6.09. The van der Waals surface area contributed by atoms with Gasteiger partial charge in [0.1, 0.15) is 25.4 Å². The van der Waals surface area contributed by atoms with Crippen molar-refractivity contribution in [3.63, 3.8) is 0 Å². The van der Waals surface area contributed by atoms with Gasteiger partial charge in [0, 0.05) is 17.8 Å². The number of hydrogen-bond donors (Lipinski definition) is 0. The summed E-state index contributed by atoms with van der Waals surface area (Å²) in [6, 6.07) is 24.0. The van der Waals surface area contributed by atoms with E-state index in [-0.39, 0.29) is 38.1 Å². The van der Waals surface area contributed by atoms with E-state index in [9.17, 15) is 14.4 Å². The zero-order chi connectivity index (χ0) is 23.9. The summed E-state index contributed by atoms with van der Waals surface area (Å²) in [7, 11) is 0. The van der Waals surface area contributed by atoms with E-state index in [1.807, 2.05) is 54.6 Å². The number of rotatable bonds is 7. The van der Waals surface area contributed by atoms with Crippen LogP contribution >= 0.6 is 0 Å². The molecule has 0 saturated heterocycles. The number of esters is 1. The molecule has 0 saturated carbocycles. The van der Waals surface area contributed by atoms with Gasteiger partial charge in [-0.2, -0.15) is 0 Å². The van der Waals surface area contributed by atoms with Gasteiger partial charge in [0.15, 0.2) is 0 Å². The number of amides is 2. The molecule has 174 valence electrons. The van der Waals surface area contributed by atoms with Gasteiger partial charge in [-0.25, -0.2) is 0 Å². The number of ether oxygens (including phenoxy) is 2. The SMILES string of the molecule is CCOC(=O)CN1Cc2ccccc2N(C(=O)c2ccc(OCc3ccccc3)cc2)CC1=O. The first-order valence-electron chi connectivity index (χ1n) is 11.1. The second-order valence-electron chi connectivity index (χ2n) is 7.87. The molecule has 0 spiro atoms. The highest BCUT2D eigenvalue weighted by Gasteiger charge is 2.30. The van der Waals surface area contributed by atoms with Crippen LogP contribution in [0, 0.1) is 0 Å². The second kappa shape index (κ2) is 10.7. The molecule has 7 nitrogen and oxygen atoms in total. The molecule has 2 amide bonds. The Kier molecular flexibility index (Phi) is 7.22. The first-order chi connectivity index (χ1) is 16.5. The molecular weight excluding hydrogens is 432 g/mol. The Bertz CT molecular complexity index is 1160. The van der Waals surface area contributed by atoms with Crippen LogP contribution < -0.4 is 9.64 Å². The molecule has 0 radical (unpaired) electrons. The Morgan fingerprint density at radius 3 is 2.32 bits per heavy atom. The van der Waals surface area contributed by atoms with Crippen LogP contribution in [-0.2, 0) is 27.5 Å². The number of carbonyl (C=O) groups is 3. The lowest BCUT2D eigenvalue weighted by Gasteiger charge is -2.22. The number of hydrogen-bond acceptors (Lipinski definition) is 5. The number of nitrogens with zero attached hydrogens (tertiary/aromatic N) is 2. The molecule has 0 N–H and O–H groups in total. The highest BCUT2D eigenvalue weighted by atomic mass is 16.5. The van der Waals surface area contributed by atoms with Crippen molar-refractivity contribution in [3.05, 3.63) is 95.6 Å². The Balaban J connectivity index is 1.50. The zero-order valence-electron chi connectivity index (χ0n) is 19.0. The zero-order valence-corrected chi connectivity index (χ0v) is 19.0. The standard InChI is InChI=1S/C27H26N2O5/c1-2-33-26(31)18-28-16-22-10-6-7-11-24(22)29(17-25(28)30)27(32)21-12-14-23(15-13-21)34-19-20-8-4-3-5-9-20/h3-15H,2,16-19H2,1H3. The van der Waals surface area contributed by atoms with Crippen LogP contribution in [0.3, 0.4) is 0 Å².